The minimum atomic E-state index is 0.542. The minimum Gasteiger partial charge on any atom is -0.355 e. The molecule has 0 amide bonds. The SMILES string of the molecule is Cc1cc(C)c(CCl)c(N2CCCN(C)CC2)n1. The molecule has 0 bridgehead atoms. The van der Waals surface area contributed by atoms with Crippen LogP contribution in [0.4, 0.5) is 5.82 Å². The molecule has 0 aromatic carbocycles. The van der Waals surface area contributed by atoms with E-state index in [2.05, 4.69) is 36.8 Å². The monoisotopic (exact) mass is 267 g/mol. The predicted octanol–water partition coefficient (Wildman–Crippen LogP) is 2.58. The molecule has 1 saturated heterocycles. The highest BCUT2D eigenvalue weighted by Crippen LogP contribution is 2.25. The van der Waals surface area contributed by atoms with Crippen molar-refractivity contribution in [2.75, 3.05) is 38.1 Å². The lowest BCUT2D eigenvalue weighted by atomic mass is 10.1. The van der Waals surface area contributed by atoms with Crippen LogP contribution in [0.1, 0.15) is 23.2 Å². The second-order valence-corrected chi connectivity index (χ2v) is 5.43. The van der Waals surface area contributed by atoms with Crippen molar-refractivity contribution in [3.05, 3.63) is 22.9 Å². The fourth-order valence-corrected chi connectivity index (χ4v) is 2.86. The zero-order valence-electron chi connectivity index (χ0n) is 11.5. The van der Waals surface area contributed by atoms with Crippen LogP contribution in [0.25, 0.3) is 0 Å². The summed E-state index contributed by atoms with van der Waals surface area (Å²) in [5.41, 5.74) is 3.52. The third-order valence-corrected chi connectivity index (χ3v) is 3.87. The van der Waals surface area contributed by atoms with Crippen molar-refractivity contribution < 1.29 is 0 Å². The molecule has 1 fully saturated rings. The van der Waals surface area contributed by atoms with Crippen molar-refractivity contribution >= 4 is 17.4 Å². The lowest BCUT2D eigenvalue weighted by Crippen LogP contribution is -2.30. The quantitative estimate of drug-likeness (QED) is 0.768. The topological polar surface area (TPSA) is 19.4 Å². The van der Waals surface area contributed by atoms with E-state index >= 15 is 0 Å². The van der Waals surface area contributed by atoms with E-state index in [9.17, 15) is 0 Å². The number of likely N-dealkylation sites (N-methyl/N-ethyl adjacent to an activating group) is 1. The number of nitrogens with zero attached hydrogens (tertiary/aromatic N) is 3. The van der Waals surface area contributed by atoms with Gasteiger partial charge in [-0.2, -0.15) is 0 Å². The average molecular weight is 268 g/mol. The number of hydrogen-bond acceptors (Lipinski definition) is 3. The van der Waals surface area contributed by atoms with E-state index < -0.39 is 0 Å². The van der Waals surface area contributed by atoms with Crippen LogP contribution in [0.3, 0.4) is 0 Å². The van der Waals surface area contributed by atoms with Gasteiger partial charge in [-0.1, -0.05) is 0 Å². The highest BCUT2D eigenvalue weighted by Gasteiger charge is 2.18. The summed E-state index contributed by atoms with van der Waals surface area (Å²) in [6.07, 6.45) is 1.19. The van der Waals surface area contributed by atoms with Gasteiger partial charge < -0.3 is 9.80 Å². The van der Waals surface area contributed by atoms with Crippen LogP contribution < -0.4 is 4.90 Å². The molecule has 4 heteroatoms. The van der Waals surface area contributed by atoms with Crippen LogP contribution in [-0.2, 0) is 5.88 Å². The number of aromatic nitrogens is 1. The van der Waals surface area contributed by atoms with Crippen LogP contribution in [0, 0.1) is 13.8 Å². The molecule has 0 unspecified atom stereocenters. The number of alkyl halides is 1. The maximum Gasteiger partial charge on any atom is 0.133 e. The molecule has 1 aromatic heterocycles. The lowest BCUT2D eigenvalue weighted by Gasteiger charge is -2.25. The molecule has 2 heterocycles. The number of pyridine rings is 1. The van der Waals surface area contributed by atoms with E-state index in [0.29, 0.717) is 5.88 Å². The Morgan fingerprint density at radius 3 is 2.72 bits per heavy atom. The summed E-state index contributed by atoms with van der Waals surface area (Å²) in [6.45, 7) is 8.55. The summed E-state index contributed by atoms with van der Waals surface area (Å²) in [5.74, 6) is 1.64. The molecule has 0 radical (unpaired) electrons. The van der Waals surface area contributed by atoms with Crippen LogP contribution in [0.5, 0.6) is 0 Å². The molecule has 1 aromatic rings. The fraction of sp³-hybridized carbons (Fsp3) is 0.643. The van der Waals surface area contributed by atoms with Crippen molar-refractivity contribution in [3.8, 4) is 0 Å². The Morgan fingerprint density at radius 1 is 1.22 bits per heavy atom. The molecular weight excluding hydrogens is 246 g/mol. The Morgan fingerprint density at radius 2 is 2.00 bits per heavy atom. The first-order valence-electron chi connectivity index (χ1n) is 6.58. The Kier molecular flexibility index (Phi) is 4.46. The Bertz CT molecular complexity index is 420. The molecule has 0 saturated carbocycles. The Labute approximate surface area is 115 Å². The summed E-state index contributed by atoms with van der Waals surface area (Å²) in [6, 6.07) is 2.12. The molecule has 2 rings (SSSR count). The van der Waals surface area contributed by atoms with Crippen molar-refractivity contribution in [2.45, 2.75) is 26.1 Å². The summed E-state index contributed by atoms with van der Waals surface area (Å²) in [7, 11) is 2.18. The van der Waals surface area contributed by atoms with Crippen molar-refractivity contribution in [3.63, 3.8) is 0 Å². The Hall–Kier alpha value is -0.800. The third-order valence-electron chi connectivity index (χ3n) is 3.61. The normalized spacial score (nSPS) is 17.9. The third kappa shape index (κ3) is 2.96. The van der Waals surface area contributed by atoms with Crippen molar-refractivity contribution in [1.29, 1.82) is 0 Å². The zero-order valence-corrected chi connectivity index (χ0v) is 12.3. The maximum absolute atomic E-state index is 6.10. The number of halogens is 1. The van der Waals surface area contributed by atoms with Gasteiger partial charge in [0.1, 0.15) is 5.82 Å². The van der Waals surface area contributed by atoms with Crippen molar-refractivity contribution in [1.82, 2.24) is 9.88 Å². The molecule has 1 aliphatic rings. The van der Waals surface area contributed by atoms with Crippen LogP contribution in [-0.4, -0.2) is 43.1 Å². The van der Waals surface area contributed by atoms with Gasteiger partial charge in [-0.15, -0.1) is 11.6 Å². The molecule has 0 aliphatic carbocycles. The van der Waals surface area contributed by atoms with E-state index in [1.807, 2.05) is 0 Å². The lowest BCUT2D eigenvalue weighted by molar-refractivity contribution is 0.360. The van der Waals surface area contributed by atoms with Crippen LogP contribution in [0.15, 0.2) is 6.07 Å². The predicted molar refractivity (Wildman–Crippen MR) is 77.6 cm³/mol. The summed E-state index contributed by atoms with van der Waals surface area (Å²) >= 11 is 6.10. The second-order valence-electron chi connectivity index (χ2n) is 5.16. The molecule has 100 valence electrons. The molecule has 0 atom stereocenters. The number of hydrogen-bond donors (Lipinski definition) is 0. The first-order chi connectivity index (χ1) is 8.61. The number of aryl methyl sites for hydroxylation is 2. The number of anilines is 1. The molecule has 18 heavy (non-hydrogen) atoms. The molecule has 0 N–H and O–H groups in total. The Balaban J connectivity index is 2.31. The average Bonchev–Trinajstić information content (AvgIpc) is 2.53. The van der Waals surface area contributed by atoms with Gasteiger partial charge in [-0.05, 0) is 45.5 Å². The highest BCUT2D eigenvalue weighted by atomic mass is 35.5. The standard InChI is InChI=1S/C14H22ClN3/c1-11-9-12(2)16-14(13(11)10-15)18-6-4-5-17(3)7-8-18/h9H,4-8,10H2,1-3H3. The smallest absolute Gasteiger partial charge is 0.133 e. The molecular formula is C14H22ClN3. The van der Waals surface area contributed by atoms with E-state index in [1.54, 1.807) is 0 Å². The van der Waals surface area contributed by atoms with E-state index in [1.165, 1.54) is 17.5 Å². The van der Waals surface area contributed by atoms with Gasteiger partial charge in [-0.3, -0.25) is 0 Å². The first-order valence-corrected chi connectivity index (χ1v) is 7.12. The molecule has 0 spiro atoms. The molecule has 3 nitrogen and oxygen atoms in total. The largest absolute Gasteiger partial charge is 0.355 e. The van der Waals surface area contributed by atoms with E-state index in [4.69, 9.17) is 16.6 Å². The van der Waals surface area contributed by atoms with Gasteiger partial charge in [0.2, 0.25) is 0 Å². The second kappa shape index (κ2) is 5.89. The number of rotatable bonds is 2. The van der Waals surface area contributed by atoms with Gasteiger partial charge in [-0.25, -0.2) is 4.98 Å². The van der Waals surface area contributed by atoms with Gasteiger partial charge in [0.25, 0.3) is 0 Å². The summed E-state index contributed by atoms with van der Waals surface area (Å²) < 4.78 is 0. The fourth-order valence-electron chi connectivity index (χ4n) is 2.53. The summed E-state index contributed by atoms with van der Waals surface area (Å²) in [5, 5.41) is 0. The highest BCUT2D eigenvalue weighted by molar-refractivity contribution is 6.17. The van der Waals surface area contributed by atoms with Gasteiger partial charge in [0.15, 0.2) is 0 Å². The zero-order chi connectivity index (χ0) is 13.1. The minimum absolute atomic E-state index is 0.542. The van der Waals surface area contributed by atoms with Gasteiger partial charge in [0, 0.05) is 30.9 Å². The maximum atomic E-state index is 6.10. The summed E-state index contributed by atoms with van der Waals surface area (Å²) in [4.78, 5) is 9.49. The van der Waals surface area contributed by atoms with Gasteiger partial charge >= 0.3 is 0 Å². The first kappa shape index (κ1) is 13.6. The van der Waals surface area contributed by atoms with Crippen LogP contribution in [0.2, 0.25) is 0 Å². The molecule has 1 aliphatic heterocycles. The van der Waals surface area contributed by atoms with Gasteiger partial charge in [0.05, 0.1) is 5.88 Å². The van der Waals surface area contributed by atoms with Crippen LogP contribution >= 0.6 is 11.6 Å². The van der Waals surface area contributed by atoms with Crippen molar-refractivity contribution in [2.24, 2.45) is 0 Å². The van der Waals surface area contributed by atoms with E-state index in [-0.39, 0.29) is 0 Å². The van der Waals surface area contributed by atoms with E-state index in [0.717, 1.165) is 37.7 Å².